The molecule has 4 rings (SSSR count). The number of hydrogen-bond donors (Lipinski definition) is 0. The van der Waals surface area contributed by atoms with Gasteiger partial charge in [0.25, 0.3) is 0 Å². The standard InChI is InChI=1S/C23H20F3NO4/c1-21(2,3)31-20(29)27-16-12-8-7-11-15(16)18-17(27)13-22(23(24,25)26,30-19(18)28)14-9-5-4-6-10-14/h4-12H,13H2,1-3H3/t22-/m1/s1. The highest BCUT2D eigenvalue weighted by atomic mass is 19.4. The Kier molecular flexibility index (Phi) is 4.64. The fourth-order valence-corrected chi connectivity index (χ4v) is 3.88. The number of hydrogen-bond acceptors (Lipinski definition) is 4. The predicted molar refractivity (Wildman–Crippen MR) is 107 cm³/mol. The smallest absolute Gasteiger partial charge is 0.433 e. The van der Waals surface area contributed by atoms with Crippen LogP contribution in [0.2, 0.25) is 0 Å². The van der Waals surface area contributed by atoms with E-state index in [2.05, 4.69) is 0 Å². The summed E-state index contributed by atoms with van der Waals surface area (Å²) in [5.41, 5.74) is -3.89. The molecule has 1 aliphatic rings. The largest absolute Gasteiger partial charge is 0.443 e. The van der Waals surface area contributed by atoms with E-state index in [1.807, 2.05) is 0 Å². The third-order valence-electron chi connectivity index (χ3n) is 5.13. The minimum Gasteiger partial charge on any atom is -0.443 e. The van der Waals surface area contributed by atoms with E-state index in [4.69, 9.17) is 9.47 Å². The lowest BCUT2D eigenvalue weighted by Crippen LogP contribution is -2.51. The van der Waals surface area contributed by atoms with Gasteiger partial charge in [0.1, 0.15) is 5.60 Å². The van der Waals surface area contributed by atoms with Crippen molar-refractivity contribution in [3.05, 3.63) is 71.4 Å². The van der Waals surface area contributed by atoms with Crippen molar-refractivity contribution in [2.24, 2.45) is 0 Å². The van der Waals surface area contributed by atoms with Gasteiger partial charge < -0.3 is 9.47 Å². The Labute approximate surface area is 176 Å². The minimum atomic E-state index is -4.92. The van der Waals surface area contributed by atoms with Crippen molar-refractivity contribution in [1.82, 2.24) is 4.57 Å². The predicted octanol–water partition coefficient (Wildman–Crippen LogP) is 5.60. The molecule has 0 spiro atoms. The molecule has 1 aromatic heterocycles. The maximum absolute atomic E-state index is 14.4. The lowest BCUT2D eigenvalue weighted by molar-refractivity contribution is -0.267. The summed E-state index contributed by atoms with van der Waals surface area (Å²) in [6.45, 7) is 4.96. The van der Waals surface area contributed by atoms with Gasteiger partial charge in [-0.3, -0.25) is 0 Å². The summed E-state index contributed by atoms with van der Waals surface area (Å²) in [6.07, 6.45) is -6.53. The molecule has 0 amide bonds. The van der Waals surface area contributed by atoms with Crippen molar-refractivity contribution in [2.45, 2.75) is 44.6 Å². The SMILES string of the molecule is CC(C)(C)OC(=O)n1c2c(c3ccccc31)C(=O)O[C@](c1ccccc1)(C(F)(F)F)C2. The zero-order valence-electron chi connectivity index (χ0n) is 17.1. The molecule has 2 aromatic carbocycles. The molecule has 0 saturated heterocycles. The van der Waals surface area contributed by atoms with Crippen LogP contribution in [0.3, 0.4) is 0 Å². The third-order valence-corrected chi connectivity index (χ3v) is 5.13. The summed E-state index contributed by atoms with van der Waals surface area (Å²) in [4.78, 5) is 26.0. The first-order valence-electron chi connectivity index (χ1n) is 9.66. The fraction of sp³-hybridized carbons (Fsp3) is 0.304. The summed E-state index contributed by atoms with van der Waals surface area (Å²) in [6, 6.07) is 13.4. The molecule has 0 bridgehead atoms. The lowest BCUT2D eigenvalue weighted by Gasteiger charge is -2.38. The van der Waals surface area contributed by atoms with Crippen molar-refractivity contribution in [1.29, 1.82) is 0 Å². The van der Waals surface area contributed by atoms with Gasteiger partial charge in [0.05, 0.1) is 11.1 Å². The Morgan fingerprint density at radius 2 is 1.65 bits per heavy atom. The highest BCUT2D eigenvalue weighted by Crippen LogP contribution is 2.49. The first-order chi connectivity index (χ1) is 14.4. The van der Waals surface area contributed by atoms with Crippen molar-refractivity contribution in [3.63, 3.8) is 0 Å². The average molecular weight is 431 g/mol. The van der Waals surface area contributed by atoms with Crippen molar-refractivity contribution >= 4 is 23.0 Å². The van der Waals surface area contributed by atoms with E-state index in [-0.39, 0.29) is 22.3 Å². The maximum Gasteiger partial charge on any atom is 0.433 e. The van der Waals surface area contributed by atoms with Crippen LogP contribution in [0.4, 0.5) is 18.0 Å². The third kappa shape index (κ3) is 3.36. The molecule has 162 valence electrons. The Bertz CT molecular complexity index is 1180. The number of fused-ring (bicyclic) bond motifs is 3. The van der Waals surface area contributed by atoms with Crippen LogP contribution in [-0.2, 0) is 21.5 Å². The van der Waals surface area contributed by atoms with E-state index in [1.54, 1.807) is 51.1 Å². The quantitative estimate of drug-likeness (QED) is 0.471. The van der Waals surface area contributed by atoms with Gasteiger partial charge in [0.15, 0.2) is 0 Å². The number of halogens is 3. The van der Waals surface area contributed by atoms with E-state index in [0.29, 0.717) is 5.39 Å². The number of carbonyl (C=O) groups is 2. The Balaban J connectivity index is 2.00. The molecule has 0 N–H and O–H groups in total. The first kappa shape index (κ1) is 21.0. The molecule has 1 atom stereocenters. The molecule has 0 unspecified atom stereocenters. The van der Waals surface area contributed by atoms with E-state index in [9.17, 15) is 22.8 Å². The number of para-hydroxylation sites is 1. The van der Waals surface area contributed by atoms with Crippen molar-refractivity contribution < 1.29 is 32.2 Å². The number of carbonyl (C=O) groups excluding carboxylic acids is 2. The van der Waals surface area contributed by atoms with Gasteiger partial charge in [0, 0.05) is 23.1 Å². The van der Waals surface area contributed by atoms with Gasteiger partial charge in [-0.05, 0) is 26.8 Å². The average Bonchev–Trinajstić information content (AvgIpc) is 3.01. The number of alkyl halides is 3. The lowest BCUT2D eigenvalue weighted by atomic mass is 9.84. The first-order valence-corrected chi connectivity index (χ1v) is 9.66. The van der Waals surface area contributed by atoms with Gasteiger partial charge >= 0.3 is 18.2 Å². The zero-order chi connectivity index (χ0) is 22.6. The minimum absolute atomic E-state index is 0.0581. The molecular formula is C23H20F3NO4. The molecule has 1 aliphatic heterocycles. The van der Waals surface area contributed by atoms with E-state index in [0.717, 1.165) is 4.57 Å². The Morgan fingerprint density at radius 1 is 1.03 bits per heavy atom. The second-order valence-corrected chi connectivity index (χ2v) is 8.41. The number of cyclic esters (lactones) is 1. The highest BCUT2D eigenvalue weighted by Gasteiger charge is 2.62. The molecule has 3 aromatic rings. The van der Waals surface area contributed by atoms with Crippen LogP contribution in [0, 0.1) is 0 Å². The van der Waals surface area contributed by atoms with E-state index >= 15 is 0 Å². The topological polar surface area (TPSA) is 57.5 Å². The number of nitrogens with zero attached hydrogens (tertiary/aromatic N) is 1. The van der Waals surface area contributed by atoms with Gasteiger partial charge in [-0.2, -0.15) is 13.2 Å². The Morgan fingerprint density at radius 3 is 2.26 bits per heavy atom. The van der Waals surface area contributed by atoms with Crippen LogP contribution in [0.5, 0.6) is 0 Å². The molecular weight excluding hydrogens is 411 g/mol. The Hall–Kier alpha value is -3.29. The fourth-order valence-electron chi connectivity index (χ4n) is 3.88. The van der Waals surface area contributed by atoms with Crippen LogP contribution in [-0.4, -0.2) is 28.4 Å². The number of ether oxygens (including phenoxy) is 2. The molecule has 5 nitrogen and oxygen atoms in total. The second kappa shape index (κ2) is 6.87. The van der Waals surface area contributed by atoms with Gasteiger partial charge in [-0.25, -0.2) is 14.2 Å². The summed E-state index contributed by atoms with van der Waals surface area (Å²) < 4.78 is 54.8. The van der Waals surface area contributed by atoms with Crippen molar-refractivity contribution in [3.8, 4) is 0 Å². The van der Waals surface area contributed by atoms with Crippen LogP contribution < -0.4 is 0 Å². The molecule has 0 saturated carbocycles. The summed E-state index contributed by atoms with van der Waals surface area (Å²) >= 11 is 0. The molecule has 2 heterocycles. The monoisotopic (exact) mass is 431 g/mol. The van der Waals surface area contributed by atoms with Crippen LogP contribution >= 0.6 is 0 Å². The zero-order valence-corrected chi connectivity index (χ0v) is 17.1. The van der Waals surface area contributed by atoms with E-state index < -0.39 is 35.9 Å². The van der Waals surface area contributed by atoms with Crippen LogP contribution in [0.25, 0.3) is 10.9 Å². The second-order valence-electron chi connectivity index (χ2n) is 8.41. The van der Waals surface area contributed by atoms with Gasteiger partial charge in [-0.15, -0.1) is 0 Å². The summed E-state index contributed by atoms with van der Waals surface area (Å²) in [5.74, 6) is -1.14. The highest BCUT2D eigenvalue weighted by molar-refractivity contribution is 6.09. The van der Waals surface area contributed by atoms with E-state index in [1.165, 1.54) is 24.3 Å². The number of esters is 1. The van der Waals surface area contributed by atoms with Crippen LogP contribution in [0.1, 0.15) is 42.4 Å². The summed E-state index contributed by atoms with van der Waals surface area (Å²) in [7, 11) is 0. The number of rotatable bonds is 1. The normalized spacial score (nSPS) is 19.1. The molecule has 0 aliphatic carbocycles. The van der Waals surface area contributed by atoms with Crippen LogP contribution in [0.15, 0.2) is 54.6 Å². The molecule has 0 radical (unpaired) electrons. The van der Waals surface area contributed by atoms with Crippen molar-refractivity contribution in [2.75, 3.05) is 0 Å². The summed E-state index contributed by atoms with van der Waals surface area (Å²) in [5, 5.41) is 0.331. The number of benzene rings is 2. The molecule has 0 fully saturated rings. The maximum atomic E-state index is 14.4. The molecule has 8 heteroatoms. The van der Waals surface area contributed by atoms with Gasteiger partial charge in [-0.1, -0.05) is 48.5 Å². The van der Waals surface area contributed by atoms with Gasteiger partial charge in [0.2, 0.25) is 5.60 Å². The number of aromatic nitrogens is 1. The molecule has 31 heavy (non-hydrogen) atoms.